The Morgan fingerprint density at radius 3 is 2.75 bits per heavy atom. The molecule has 2 atom stereocenters. The predicted molar refractivity (Wildman–Crippen MR) is 51.5 cm³/mol. The Balaban J connectivity index is 2.67. The molecule has 0 fully saturated rings. The Morgan fingerprint density at radius 1 is 1.58 bits per heavy atom. The lowest BCUT2D eigenvalue weighted by Gasteiger charge is -2.29. The van der Waals surface area contributed by atoms with Gasteiger partial charge in [0, 0.05) is 12.8 Å². The molecule has 0 aliphatic carbocycles. The molecule has 2 heteroatoms. The van der Waals surface area contributed by atoms with Crippen molar-refractivity contribution in [2.24, 2.45) is 10.9 Å². The maximum Gasteiger partial charge on any atom is 0.0814 e. The molecule has 1 rings (SSSR count). The quantitative estimate of drug-likeness (QED) is 0.680. The molecule has 0 aromatic carbocycles. The average Bonchev–Trinajstić information content (AvgIpc) is 2.54. The van der Waals surface area contributed by atoms with Crippen LogP contribution in [0.25, 0.3) is 0 Å². The molecule has 0 amide bonds. The molecule has 0 radical (unpaired) electrons. The molecule has 2 nitrogen and oxygen atoms in total. The lowest BCUT2D eigenvalue weighted by Crippen LogP contribution is -2.30. The smallest absolute Gasteiger partial charge is 0.0814 e. The normalized spacial score (nSPS) is 29.6. The van der Waals surface area contributed by atoms with Crippen molar-refractivity contribution < 1.29 is 5.11 Å². The van der Waals surface area contributed by atoms with E-state index in [9.17, 15) is 0 Å². The van der Waals surface area contributed by atoms with Crippen LogP contribution in [0.15, 0.2) is 17.1 Å². The second-order valence-electron chi connectivity index (χ2n) is 3.40. The van der Waals surface area contributed by atoms with Gasteiger partial charge < -0.3 is 5.11 Å². The van der Waals surface area contributed by atoms with Crippen molar-refractivity contribution in [2.75, 3.05) is 6.61 Å². The third-order valence-corrected chi connectivity index (χ3v) is 2.77. The van der Waals surface area contributed by atoms with E-state index in [1.54, 1.807) is 0 Å². The van der Waals surface area contributed by atoms with Gasteiger partial charge in [-0.05, 0) is 24.8 Å². The van der Waals surface area contributed by atoms with Crippen LogP contribution in [0.5, 0.6) is 0 Å². The molecule has 0 saturated heterocycles. The van der Waals surface area contributed by atoms with Crippen LogP contribution in [0.3, 0.4) is 0 Å². The number of aliphatic imine (C=N–C) groups is 1. The molecule has 2 unspecified atom stereocenters. The van der Waals surface area contributed by atoms with Crippen molar-refractivity contribution in [2.45, 2.75) is 32.2 Å². The van der Waals surface area contributed by atoms with Crippen LogP contribution in [0.2, 0.25) is 0 Å². The van der Waals surface area contributed by atoms with Gasteiger partial charge in [0.1, 0.15) is 0 Å². The van der Waals surface area contributed by atoms with E-state index in [-0.39, 0.29) is 12.1 Å². The number of rotatable bonds is 4. The van der Waals surface area contributed by atoms with Crippen molar-refractivity contribution in [1.82, 2.24) is 0 Å². The standard InChI is InChI=1S/C10H17NO/c1-3-10(6-4-7-11-10)9(2)5-8-12/h4,6-7,9,12H,3,5,8H2,1-2H3. The summed E-state index contributed by atoms with van der Waals surface area (Å²) < 4.78 is 0. The van der Waals surface area contributed by atoms with Crippen LogP contribution >= 0.6 is 0 Å². The van der Waals surface area contributed by atoms with Crippen LogP contribution < -0.4 is 0 Å². The van der Waals surface area contributed by atoms with Crippen molar-refractivity contribution in [3.63, 3.8) is 0 Å². The fourth-order valence-electron chi connectivity index (χ4n) is 1.73. The van der Waals surface area contributed by atoms with Crippen molar-refractivity contribution >= 4 is 6.21 Å². The van der Waals surface area contributed by atoms with E-state index in [1.807, 2.05) is 12.3 Å². The average molecular weight is 167 g/mol. The number of hydrogen-bond acceptors (Lipinski definition) is 2. The van der Waals surface area contributed by atoms with Gasteiger partial charge in [-0.25, -0.2) is 0 Å². The second-order valence-corrected chi connectivity index (χ2v) is 3.40. The molecule has 1 N–H and O–H groups in total. The Morgan fingerprint density at radius 2 is 2.33 bits per heavy atom. The highest BCUT2D eigenvalue weighted by Crippen LogP contribution is 2.31. The maximum absolute atomic E-state index is 8.83. The van der Waals surface area contributed by atoms with Gasteiger partial charge in [-0.1, -0.05) is 19.9 Å². The van der Waals surface area contributed by atoms with Crippen LogP contribution in [0.1, 0.15) is 26.7 Å². The van der Waals surface area contributed by atoms with Crippen LogP contribution in [0.4, 0.5) is 0 Å². The Hall–Kier alpha value is -0.630. The fraction of sp³-hybridized carbons (Fsp3) is 0.700. The number of aliphatic hydroxyl groups is 1. The molecular weight excluding hydrogens is 150 g/mol. The fourth-order valence-corrected chi connectivity index (χ4v) is 1.73. The van der Waals surface area contributed by atoms with E-state index in [1.165, 1.54) is 0 Å². The molecule has 0 saturated carbocycles. The van der Waals surface area contributed by atoms with Gasteiger partial charge in [-0.15, -0.1) is 0 Å². The predicted octanol–water partition coefficient (Wildman–Crippen LogP) is 1.79. The summed E-state index contributed by atoms with van der Waals surface area (Å²) >= 11 is 0. The molecule has 0 aromatic rings. The summed E-state index contributed by atoms with van der Waals surface area (Å²) in [6.45, 7) is 4.54. The maximum atomic E-state index is 8.83. The van der Waals surface area contributed by atoms with Gasteiger partial charge in [-0.3, -0.25) is 4.99 Å². The molecule has 12 heavy (non-hydrogen) atoms. The third-order valence-electron chi connectivity index (χ3n) is 2.77. The number of aliphatic hydroxyl groups excluding tert-OH is 1. The summed E-state index contributed by atoms with van der Waals surface area (Å²) in [6, 6.07) is 0. The minimum Gasteiger partial charge on any atom is -0.396 e. The largest absolute Gasteiger partial charge is 0.396 e. The van der Waals surface area contributed by atoms with Gasteiger partial charge in [0.25, 0.3) is 0 Å². The van der Waals surface area contributed by atoms with Crippen molar-refractivity contribution in [3.8, 4) is 0 Å². The molecule has 0 spiro atoms. The Bertz CT molecular complexity index is 184. The van der Waals surface area contributed by atoms with Gasteiger partial charge in [0.2, 0.25) is 0 Å². The van der Waals surface area contributed by atoms with E-state index in [0.29, 0.717) is 5.92 Å². The zero-order valence-electron chi connectivity index (χ0n) is 7.83. The van der Waals surface area contributed by atoms with E-state index in [2.05, 4.69) is 24.9 Å². The first-order chi connectivity index (χ1) is 5.75. The van der Waals surface area contributed by atoms with Crippen molar-refractivity contribution in [1.29, 1.82) is 0 Å². The third kappa shape index (κ3) is 1.58. The Labute approximate surface area is 74.0 Å². The van der Waals surface area contributed by atoms with E-state index < -0.39 is 0 Å². The first-order valence-corrected chi connectivity index (χ1v) is 4.59. The molecule has 68 valence electrons. The first kappa shape index (κ1) is 9.46. The molecule has 1 aliphatic heterocycles. The highest BCUT2D eigenvalue weighted by atomic mass is 16.3. The van der Waals surface area contributed by atoms with E-state index in [0.717, 1.165) is 12.8 Å². The van der Waals surface area contributed by atoms with Gasteiger partial charge in [0.05, 0.1) is 5.54 Å². The summed E-state index contributed by atoms with van der Waals surface area (Å²) in [6.07, 6.45) is 7.85. The summed E-state index contributed by atoms with van der Waals surface area (Å²) in [5.74, 6) is 0.433. The van der Waals surface area contributed by atoms with Crippen LogP contribution in [-0.4, -0.2) is 23.5 Å². The second kappa shape index (κ2) is 3.85. The topological polar surface area (TPSA) is 32.6 Å². The monoisotopic (exact) mass is 167 g/mol. The van der Waals surface area contributed by atoms with E-state index >= 15 is 0 Å². The summed E-state index contributed by atoms with van der Waals surface area (Å²) in [5, 5.41) is 8.83. The lowest BCUT2D eigenvalue weighted by molar-refractivity contribution is 0.228. The zero-order valence-corrected chi connectivity index (χ0v) is 7.83. The minimum absolute atomic E-state index is 0.0251. The lowest BCUT2D eigenvalue weighted by atomic mass is 9.82. The number of allylic oxidation sites excluding steroid dienone is 1. The first-order valence-electron chi connectivity index (χ1n) is 4.59. The minimum atomic E-state index is -0.0251. The molecule has 0 bridgehead atoms. The van der Waals surface area contributed by atoms with Gasteiger partial charge >= 0.3 is 0 Å². The molecular formula is C10H17NO. The highest BCUT2D eigenvalue weighted by molar-refractivity contribution is 5.75. The van der Waals surface area contributed by atoms with Crippen molar-refractivity contribution in [3.05, 3.63) is 12.2 Å². The summed E-state index contributed by atoms with van der Waals surface area (Å²) in [7, 11) is 0. The molecule has 0 aromatic heterocycles. The van der Waals surface area contributed by atoms with Gasteiger partial charge in [-0.2, -0.15) is 0 Å². The van der Waals surface area contributed by atoms with Crippen LogP contribution in [-0.2, 0) is 0 Å². The molecule has 1 aliphatic rings. The van der Waals surface area contributed by atoms with Crippen LogP contribution in [0, 0.1) is 5.92 Å². The number of nitrogens with zero attached hydrogens (tertiary/aromatic N) is 1. The SMILES string of the molecule is CCC1(C(C)CCO)C=CC=N1. The summed E-state index contributed by atoms with van der Waals surface area (Å²) in [5.41, 5.74) is -0.0251. The molecule has 1 heterocycles. The highest BCUT2D eigenvalue weighted by Gasteiger charge is 2.31. The number of hydrogen-bond donors (Lipinski definition) is 1. The summed E-state index contributed by atoms with van der Waals surface area (Å²) in [4.78, 5) is 4.46. The van der Waals surface area contributed by atoms with E-state index in [4.69, 9.17) is 5.11 Å². The van der Waals surface area contributed by atoms with Gasteiger partial charge in [0.15, 0.2) is 0 Å². The Kier molecular flexibility index (Phi) is 3.04. The zero-order chi connectivity index (χ0) is 9.03.